The van der Waals surface area contributed by atoms with E-state index in [9.17, 15) is 4.79 Å². The number of carbonyl (C=O) groups is 1. The summed E-state index contributed by atoms with van der Waals surface area (Å²) in [5.41, 5.74) is 6.54. The molecule has 110 valence electrons. The van der Waals surface area contributed by atoms with Crippen LogP contribution in [0, 0.1) is 0 Å². The second-order valence-electron chi connectivity index (χ2n) is 3.85. The van der Waals surface area contributed by atoms with Crippen LogP contribution in [-0.4, -0.2) is 44.7 Å². The van der Waals surface area contributed by atoms with Crippen molar-refractivity contribution in [3.8, 4) is 0 Å². The lowest BCUT2D eigenvalue weighted by atomic mass is 10.3. The van der Waals surface area contributed by atoms with Gasteiger partial charge in [0.25, 0.3) is 0 Å². The fourth-order valence-corrected chi connectivity index (χ4v) is 1.20. The maximum Gasteiger partial charge on any atom is 0.244 e. The first-order valence-electron chi connectivity index (χ1n) is 5.23. The van der Waals surface area contributed by atoms with Crippen LogP contribution in [0.15, 0.2) is 18.3 Å². The number of carbonyl (C=O) groups excluding carboxylic acids is 1. The van der Waals surface area contributed by atoms with Crippen LogP contribution in [0.1, 0.15) is 0 Å². The largest absolute Gasteiger partial charge is 0.383 e. The molecule has 1 amide bonds. The maximum atomic E-state index is 11.6. The normalized spacial score (nSPS) is 10.7. The van der Waals surface area contributed by atoms with E-state index in [-0.39, 0.29) is 37.3 Å². The Hall–Kier alpha value is -1.08. The SMILES string of the molecule is COCC(N)C(=O)Nc1ccc(N(C)C)cn1.Cl.Cl. The fraction of sp³-hybridized carbons (Fsp3) is 0.455. The summed E-state index contributed by atoms with van der Waals surface area (Å²) in [6.45, 7) is 0.182. The van der Waals surface area contributed by atoms with E-state index in [1.165, 1.54) is 7.11 Å². The van der Waals surface area contributed by atoms with Gasteiger partial charge in [-0.2, -0.15) is 0 Å². The Morgan fingerprint density at radius 3 is 2.53 bits per heavy atom. The zero-order valence-electron chi connectivity index (χ0n) is 11.1. The van der Waals surface area contributed by atoms with Crippen molar-refractivity contribution >= 4 is 42.2 Å². The van der Waals surface area contributed by atoms with E-state index in [1.54, 1.807) is 12.3 Å². The highest BCUT2D eigenvalue weighted by Crippen LogP contribution is 2.11. The molecule has 0 saturated heterocycles. The zero-order chi connectivity index (χ0) is 12.8. The van der Waals surface area contributed by atoms with E-state index in [1.807, 2.05) is 25.1 Å². The van der Waals surface area contributed by atoms with Crippen LogP contribution in [0.4, 0.5) is 11.5 Å². The molecule has 0 fully saturated rings. The average Bonchev–Trinajstić information content (AvgIpc) is 2.30. The molecule has 1 heterocycles. The minimum Gasteiger partial charge on any atom is -0.383 e. The third-order valence-electron chi connectivity index (χ3n) is 2.20. The zero-order valence-corrected chi connectivity index (χ0v) is 12.8. The van der Waals surface area contributed by atoms with Gasteiger partial charge in [-0.1, -0.05) is 0 Å². The molecule has 0 aliphatic heterocycles. The Balaban J connectivity index is 0. The monoisotopic (exact) mass is 310 g/mol. The summed E-state index contributed by atoms with van der Waals surface area (Å²) in [6, 6.07) is 2.91. The molecule has 19 heavy (non-hydrogen) atoms. The average molecular weight is 311 g/mol. The summed E-state index contributed by atoms with van der Waals surface area (Å²) in [4.78, 5) is 17.6. The van der Waals surface area contributed by atoms with Crippen molar-refractivity contribution in [3.63, 3.8) is 0 Å². The third-order valence-corrected chi connectivity index (χ3v) is 2.20. The van der Waals surface area contributed by atoms with Crippen molar-refractivity contribution in [2.75, 3.05) is 38.0 Å². The van der Waals surface area contributed by atoms with Crippen molar-refractivity contribution in [1.82, 2.24) is 4.98 Å². The predicted octanol–water partition coefficient (Wildman–Crippen LogP) is 0.903. The van der Waals surface area contributed by atoms with E-state index in [4.69, 9.17) is 10.5 Å². The van der Waals surface area contributed by atoms with E-state index in [0.29, 0.717) is 5.82 Å². The maximum absolute atomic E-state index is 11.6. The van der Waals surface area contributed by atoms with Gasteiger partial charge in [-0.15, -0.1) is 24.8 Å². The number of ether oxygens (including phenoxy) is 1. The van der Waals surface area contributed by atoms with Crippen LogP contribution in [0.3, 0.4) is 0 Å². The number of hydrogen-bond acceptors (Lipinski definition) is 5. The molecular formula is C11H20Cl2N4O2. The summed E-state index contributed by atoms with van der Waals surface area (Å²) in [6.07, 6.45) is 1.68. The lowest BCUT2D eigenvalue weighted by Crippen LogP contribution is -2.39. The Bertz CT molecular complexity index is 373. The van der Waals surface area contributed by atoms with Gasteiger partial charge >= 0.3 is 0 Å². The Kier molecular flexibility index (Phi) is 10.4. The first-order valence-corrected chi connectivity index (χ1v) is 5.23. The molecule has 0 aliphatic rings. The van der Waals surface area contributed by atoms with Crippen LogP contribution < -0.4 is 16.0 Å². The van der Waals surface area contributed by atoms with E-state index in [2.05, 4.69) is 10.3 Å². The van der Waals surface area contributed by atoms with Gasteiger partial charge in [-0.05, 0) is 12.1 Å². The van der Waals surface area contributed by atoms with Crippen molar-refractivity contribution in [1.29, 1.82) is 0 Å². The summed E-state index contributed by atoms with van der Waals surface area (Å²) in [7, 11) is 5.34. The number of amides is 1. The molecule has 8 heteroatoms. The number of anilines is 2. The molecule has 1 rings (SSSR count). The number of hydrogen-bond donors (Lipinski definition) is 2. The molecule has 1 atom stereocenters. The van der Waals surface area contributed by atoms with E-state index >= 15 is 0 Å². The van der Waals surface area contributed by atoms with Gasteiger partial charge < -0.3 is 20.7 Å². The van der Waals surface area contributed by atoms with Crippen LogP contribution in [-0.2, 0) is 9.53 Å². The van der Waals surface area contributed by atoms with E-state index in [0.717, 1.165) is 5.69 Å². The molecule has 3 N–H and O–H groups in total. The van der Waals surface area contributed by atoms with Crippen LogP contribution >= 0.6 is 24.8 Å². The number of pyridine rings is 1. The van der Waals surface area contributed by atoms with E-state index < -0.39 is 6.04 Å². The smallest absolute Gasteiger partial charge is 0.244 e. The first-order chi connectivity index (χ1) is 8.04. The number of rotatable bonds is 5. The molecule has 0 aliphatic carbocycles. The van der Waals surface area contributed by atoms with Crippen molar-refractivity contribution < 1.29 is 9.53 Å². The Labute approximate surface area is 125 Å². The topological polar surface area (TPSA) is 80.5 Å². The highest BCUT2D eigenvalue weighted by molar-refractivity contribution is 5.94. The predicted molar refractivity (Wildman–Crippen MR) is 81.5 cm³/mol. The Morgan fingerprint density at radius 1 is 1.47 bits per heavy atom. The number of halogens is 2. The second-order valence-corrected chi connectivity index (χ2v) is 3.85. The molecule has 0 aromatic carbocycles. The van der Waals surface area contributed by atoms with Crippen molar-refractivity contribution in [2.45, 2.75) is 6.04 Å². The van der Waals surface area contributed by atoms with Gasteiger partial charge in [0.15, 0.2) is 0 Å². The molecule has 0 saturated carbocycles. The summed E-state index contributed by atoms with van der Waals surface area (Å²) < 4.78 is 4.80. The van der Waals surface area contributed by atoms with Crippen LogP contribution in [0.2, 0.25) is 0 Å². The minimum absolute atomic E-state index is 0. The quantitative estimate of drug-likeness (QED) is 0.844. The first kappa shape index (κ1) is 20.2. The molecule has 0 spiro atoms. The number of nitrogens with one attached hydrogen (secondary N) is 1. The van der Waals surface area contributed by atoms with Gasteiger partial charge in [0.1, 0.15) is 11.9 Å². The van der Waals surface area contributed by atoms with Gasteiger partial charge in [0.2, 0.25) is 5.91 Å². The highest BCUT2D eigenvalue weighted by atomic mass is 35.5. The van der Waals surface area contributed by atoms with Gasteiger partial charge in [-0.25, -0.2) is 4.98 Å². The summed E-state index contributed by atoms with van der Waals surface area (Å²) >= 11 is 0. The van der Waals surface area contributed by atoms with Gasteiger partial charge in [-0.3, -0.25) is 4.79 Å². The minimum atomic E-state index is -0.685. The highest BCUT2D eigenvalue weighted by Gasteiger charge is 2.13. The lowest BCUT2D eigenvalue weighted by molar-refractivity contribution is -0.118. The molecule has 0 radical (unpaired) electrons. The van der Waals surface area contributed by atoms with Crippen LogP contribution in [0.25, 0.3) is 0 Å². The summed E-state index contributed by atoms with van der Waals surface area (Å²) in [5, 5.41) is 2.62. The third kappa shape index (κ3) is 6.58. The Morgan fingerprint density at radius 2 is 2.11 bits per heavy atom. The number of methoxy groups -OCH3 is 1. The molecule has 6 nitrogen and oxygen atoms in total. The second kappa shape index (κ2) is 9.80. The lowest BCUT2D eigenvalue weighted by Gasteiger charge is -2.13. The van der Waals surface area contributed by atoms with Crippen molar-refractivity contribution in [2.24, 2.45) is 5.73 Å². The summed E-state index contributed by atoms with van der Waals surface area (Å²) in [5.74, 6) is 0.170. The van der Waals surface area contributed by atoms with Gasteiger partial charge in [0, 0.05) is 21.2 Å². The fourth-order valence-electron chi connectivity index (χ4n) is 1.20. The number of aromatic nitrogens is 1. The van der Waals surface area contributed by atoms with Crippen LogP contribution in [0.5, 0.6) is 0 Å². The molecule has 1 aromatic heterocycles. The number of nitrogens with zero attached hydrogens (tertiary/aromatic N) is 2. The molecule has 1 unspecified atom stereocenters. The number of nitrogens with two attached hydrogens (primary N) is 1. The van der Waals surface area contributed by atoms with Gasteiger partial charge in [0.05, 0.1) is 18.5 Å². The molecule has 1 aromatic rings. The standard InChI is InChI=1S/C11H18N4O2.2ClH/c1-15(2)8-4-5-10(13-6-8)14-11(16)9(12)7-17-3;;/h4-6,9H,7,12H2,1-3H3,(H,13,14,16);2*1H. The molecular weight excluding hydrogens is 291 g/mol. The molecule has 0 bridgehead atoms. The van der Waals surface area contributed by atoms with Crippen molar-refractivity contribution in [3.05, 3.63) is 18.3 Å².